The number of pyridine rings is 1. The zero-order valence-corrected chi connectivity index (χ0v) is 18.8. The van der Waals surface area contributed by atoms with E-state index in [1.165, 1.54) is 16.3 Å². The van der Waals surface area contributed by atoms with Crippen LogP contribution in [0.5, 0.6) is 0 Å². The molecular formula is C20H24N4O3S2. The number of nitriles is 1. The fraction of sp³-hybridized carbons (Fsp3) is 0.500. The van der Waals surface area contributed by atoms with Gasteiger partial charge in [-0.15, -0.1) is 0 Å². The summed E-state index contributed by atoms with van der Waals surface area (Å²) in [5.74, 6) is 0.541. The Morgan fingerprint density at radius 1 is 1.31 bits per heavy atom. The summed E-state index contributed by atoms with van der Waals surface area (Å²) in [6.07, 6.45) is 1.76. The number of anilines is 1. The molecule has 154 valence electrons. The molecule has 3 heterocycles. The normalized spacial score (nSPS) is 23.8. The van der Waals surface area contributed by atoms with Crippen molar-refractivity contribution in [3.63, 3.8) is 0 Å². The van der Waals surface area contributed by atoms with Crippen LogP contribution in [-0.4, -0.2) is 51.5 Å². The van der Waals surface area contributed by atoms with E-state index < -0.39 is 0 Å². The van der Waals surface area contributed by atoms with Crippen molar-refractivity contribution in [3.05, 3.63) is 31.9 Å². The molecule has 9 heteroatoms. The monoisotopic (exact) mass is 432 g/mol. The Balaban J connectivity index is 2.23. The number of rotatable bonds is 3. The molecule has 2 saturated heterocycles. The van der Waals surface area contributed by atoms with E-state index in [0.717, 1.165) is 0 Å². The van der Waals surface area contributed by atoms with Crippen LogP contribution >= 0.6 is 24.0 Å². The van der Waals surface area contributed by atoms with Crippen LogP contribution in [0.25, 0.3) is 6.08 Å². The number of nitrogens with zero attached hydrogens (tertiary/aromatic N) is 4. The van der Waals surface area contributed by atoms with E-state index in [0.29, 0.717) is 45.8 Å². The largest absolute Gasteiger partial charge is 0.372 e. The van der Waals surface area contributed by atoms with Gasteiger partial charge in [0.2, 0.25) is 0 Å². The number of carbonyl (C=O) groups is 1. The Hall–Kier alpha value is -2.15. The van der Waals surface area contributed by atoms with Crippen LogP contribution in [0.3, 0.4) is 0 Å². The molecule has 7 nitrogen and oxygen atoms in total. The van der Waals surface area contributed by atoms with Crippen LogP contribution in [0.1, 0.15) is 37.5 Å². The second-order valence-electron chi connectivity index (χ2n) is 7.30. The molecular weight excluding hydrogens is 408 g/mol. The number of carbonyl (C=O) groups excluding carboxylic acids is 1. The number of hydrogen-bond donors (Lipinski definition) is 0. The number of thioether (sulfide) groups is 1. The number of aromatic nitrogens is 1. The van der Waals surface area contributed by atoms with Crippen LogP contribution in [0.2, 0.25) is 0 Å². The van der Waals surface area contributed by atoms with Gasteiger partial charge in [0.25, 0.3) is 11.5 Å². The Morgan fingerprint density at radius 2 is 1.93 bits per heavy atom. The highest BCUT2D eigenvalue weighted by Gasteiger charge is 2.33. The van der Waals surface area contributed by atoms with Crippen molar-refractivity contribution in [2.75, 3.05) is 24.5 Å². The van der Waals surface area contributed by atoms with E-state index >= 15 is 0 Å². The molecule has 2 fully saturated rings. The van der Waals surface area contributed by atoms with Gasteiger partial charge in [0.1, 0.15) is 21.8 Å². The maximum Gasteiger partial charge on any atom is 0.270 e. The molecule has 0 bridgehead atoms. The molecule has 0 aliphatic carbocycles. The molecule has 2 atom stereocenters. The third kappa shape index (κ3) is 3.84. The molecule has 0 aromatic carbocycles. The van der Waals surface area contributed by atoms with Gasteiger partial charge in [0.05, 0.1) is 17.1 Å². The van der Waals surface area contributed by atoms with Crippen LogP contribution in [-0.2, 0) is 16.6 Å². The first-order valence-electron chi connectivity index (χ1n) is 9.49. The molecule has 1 amide bonds. The van der Waals surface area contributed by atoms with Crippen LogP contribution in [0.4, 0.5) is 5.82 Å². The quantitative estimate of drug-likeness (QED) is 0.536. The summed E-state index contributed by atoms with van der Waals surface area (Å²) in [6.45, 7) is 9.33. The average Bonchev–Trinajstić information content (AvgIpc) is 2.92. The number of ether oxygens (including phenoxy) is 1. The van der Waals surface area contributed by atoms with Crippen molar-refractivity contribution in [1.29, 1.82) is 5.26 Å². The Labute approximate surface area is 179 Å². The van der Waals surface area contributed by atoms with Gasteiger partial charge in [0.15, 0.2) is 0 Å². The fourth-order valence-corrected chi connectivity index (χ4v) is 5.21. The van der Waals surface area contributed by atoms with Gasteiger partial charge in [-0.3, -0.25) is 19.1 Å². The van der Waals surface area contributed by atoms with Crippen molar-refractivity contribution in [2.24, 2.45) is 7.05 Å². The van der Waals surface area contributed by atoms with Gasteiger partial charge in [-0.2, -0.15) is 5.26 Å². The van der Waals surface area contributed by atoms with Crippen molar-refractivity contribution < 1.29 is 9.53 Å². The molecule has 29 heavy (non-hydrogen) atoms. The molecule has 0 radical (unpaired) electrons. The summed E-state index contributed by atoms with van der Waals surface area (Å²) in [5.41, 5.74) is 1.01. The molecule has 0 N–H and O–H groups in total. The first-order chi connectivity index (χ1) is 13.7. The lowest BCUT2D eigenvalue weighted by Crippen LogP contribution is -2.47. The molecule has 0 saturated carbocycles. The first kappa shape index (κ1) is 21.6. The second kappa shape index (κ2) is 8.30. The highest BCUT2D eigenvalue weighted by Crippen LogP contribution is 2.36. The van der Waals surface area contributed by atoms with E-state index in [2.05, 4.69) is 4.90 Å². The summed E-state index contributed by atoms with van der Waals surface area (Å²) in [5, 5.41) is 9.55. The summed E-state index contributed by atoms with van der Waals surface area (Å²) < 4.78 is 7.86. The molecule has 1 aromatic rings. The van der Waals surface area contributed by atoms with Gasteiger partial charge in [-0.1, -0.05) is 24.0 Å². The van der Waals surface area contributed by atoms with Crippen LogP contribution in [0, 0.1) is 18.3 Å². The van der Waals surface area contributed by atoms with E-state index in [-0.39, 0.29) is 29.2 Å². The lowest BCUT2D eigenvalue weighted by atomic mass is 10.0. The predicted octanol–water partition coefficient (Wildman–Crippen LogP) is 2.40. The fourth-order valence-electron chi connectivity index (χ4n) is 3.85. The molecule has 2 aliphatic rings. The van der Waals surface area contributed by atoms with Gasteiger partial charge in [-0.05, 0) is 39.3 Å². The lowest BCUT2D eigenvalue weighted by molar-refractivity contribution is -0.121. The van der Waals surface area contributed by atoms with Crippen molar-refractivity contribution in [2.45, 2.75) is 39.9 Å². The number of morpholine rings is 1. The zero-order chi connectivity index (χ0) is 21.5. The van der Waals surface area contributed by atoms with Crippen molar-refractivity contribution in [3.8, 4) is 6.07 Å². The molecule has 2 aliphatic heterocycles. The van der Waals surface area contributed by atoms with Gasteiger partial charge in [0, 0.05) is 32.2 Å². The Morgan fingerprint density at radius 3 is 2.45 bits per heavy atom. The van der Waals surface area contributed by atoms with E-state index in [4.69, 9.17) is 17.0 Å². The summed E-state index contributed by atoms with van der Waals surface area (Å²) in [6, 6.07) is 2.02. The van der Waals surface area contributed by atoms with Gasteiger partial charge >= 0.3 is 0 Å². The maximum absolute atomic E-state index is 12.8. The van der Waals surface area contributed by atoms with Crippen molar-refractivity contribution >= 4 is 46.1 Å². The molecule has 1 aromatic heterocycles. The Bertz CT molecular complexity index is 998. The van der Waals surface area contributed by atoms with E-state index in [1.807, 2.05) is 26.8 Å². The number of hydrogen-bond acceptors (Lipinski definition) is 7. The number of amides is 1. The molecule has 0 spiro atoms. The van der Waals surface area contributed by atoms with Crippen LogP contribution in [0.15, 0.2) is 9.70 Å². The van der Waals surface area contributed by atoms with Gasteiger partial charge in [-0.25, -0.2) is 0 Å². The minimum Gasteiger partial charge on any atom is -0.372 e. The topological polar surface area (TPSA) is 78.6 Å². The summed E-state index contributed by atoms with van der Waals surface area (Å²) >= 11 is 6.56. The van der Waals surface area contributed by atoms with Crippen LogP contribution < -0.4 is 10.5 Å². The SMILES string of the molecule is CCN1C(=O)/C(=C/c2c(C)c(C#N)c(=O)n(C)c2N2C[C@@H](C)O[C@H](C)C2)SC1=S. The van der Waals surface area contributed by atoms with E-state index in [1.54, 1.807) is 24.9 Å². The summed E-state index contributed by atoms with van der Waals surface area (Å²) in [4.78, 5) is 29.7. The minimum absolute atomic E-state index is 0.00375. The molecule has 3 rings (SSSR count). The summed E-state index contributed by atoms with van der Waals surface area (Å²) in [7, 11) is 1.66. The zero-order valence-electron chi connectivity index (χ0n) is 17.2. The van der Waals surface area contributed by atoms with Crippen molar-refractivity contribution in [1.82, 2.24) is 9.47 Å². The molecule has 0 unspecified atom stereocenters. The second-order valence-corrected chi connectivity index (χ2v) is 8.98. The Kier molecular flexibility index (Phi) is 6.17. The number of likely N-dealkylation sites (N-methyl/N-ethyl adjacent to an activating group) is 1. The lowest BCUT2D eigenvalue weighted by Gasteiger charge is -2.38. The third-order valence-corrected chi connectivity index (χ3v) is 6.53. The standard InChI is InChI=1S/C20H24N4O3S2/c1-6-24-19(26)16(29-20(24)28)7-14-13(4)15(8-21)18(25)22(5)17(14)23-9-11(2)27-12(3)10-23/h7,11-12H,6,9-10H2,1-5H3/b16-7-/t11-,12-/m1/s1. The van der Waals surface area contributed by atoms with Gasteiger partial charge < -0.3 is 9.64 Å². The smallest absolute Gasteiger partial charge is 0.270 e. The predicted molar refractivity (Wildman–Crippen MR) is 119 cm³/mol. The third-order valence-electron chi connectivity index (χ3n) is 5.15. The minimum atomic E-state index is -0.343. The highest BCUT2D eigenvalue weighted by molar-refractivity contribution is 8.26. The average molecular weight is 433 g/mol. The maximum atomic E-state index is 12.8. The van der Waals surface area contributed by atoms with E-state index in [9.17, 15) is 14.9 Å². The highest BCUT2D eigenvalue weighted by atomic mass is 32.2. The first-order valence-corrected chi connectivity index (χ1v) is 10.7. The number of thiocarbonyl (C=S) groups is 1.